The van der Waals surface area contributed by atoms with Crippen LogP contribution in [0.4, 0.5) is 0 Å². The molecule has 0 atom stereocenters. The van der Waals surface area contributed by atoms with Crippen molar-refractivity contribution < 1.29 is 0 Å². The number of rotatable bonds is 0. The first-order valence-electron chi connectivity index (χ1n) is 9.65. The van der Waals surface area contributed by atoms with Crippen molar-refractivity contribution in [3.05, 3.63) is 85.1 Å². The first-order chi connectivity index (χ1) is 12.0. The molecule has 0 aromatic heterocycles. The summed E-state index contributed by atoms with van der Waals surface area (Å²) in [5.41, 5.74) is 0. The Morgan fingerprint density at radius 3 is 0.833 bits per heavy atom. The molecule has 1 rings (SSSR count). The lowest BCUT2D eigenvalue weighted by Crippen LogP contribution is -1.81. The van der Waals surface area contributed by atoms with Crippen molar-refractivity contribution in [3.63, 3.8) is 0 Å². The molecule has 24 heavy (non-hydrogen) atoms. The van der Waals surface area contributed by atoms with Crippen LogP contribution in [0.5, 0.6) is 0 Å². The van der Waals surface area contributed by atoms with Crippen LogP contribution in [0.15, 0.2) is 85.1 Å². The number of hydrogen-bond donors (Lipinski definition) is 0. The van der Waals surface area contributed by atoms with Crippen molar-refractivity contribution in [1.29, 1.82) is 0 Å². The molecule has 0 aliphatic heterocycles. The second-order valence-electron chi connectivity index (χ2n) is 6.19. The zero-order chi connectivity index (χ0) is 17.0. The van der Waals surface area contributed by atoms with Crippen molar-refractivity contribution in [2.24, 2.45) is 0 Å². The predicted octanol–water partition coefficient (Wildman–Crippen LogP) is 7.79. The van der Waals surface area contributed by atoms with Gasteiger partial charge < -0.3 is 0 Å². The minimum atomic E-state index is 1.21. The lowest BCUT2D eigenvalue weighted by molar-refractivity contribution is 0.571. The minimum absolute atomic E-state index is 1.21. The van der Waals surface area contributed by atoms with Crippen molar-refractivity contribution in [3.8, 4) is 0 Å². The molecular formula is C24H34. The third kappa shape index (κ3) is 15.1. The van der Waals surface area contributed by atoms with E-state index in [9.17, 15) is 0 Å². The van der Waals surface area contributed by atoms with E-state index < -0.39 is 0 Å². The van der Waals surface area contributed by atoms with Crippen molar-refractivity contribution in [1.82, 2.24) is 0 Å². The Labute approximate surface area is 149 Å². The van der Waals surface area contributed by atoms with Crippen LogP contribution in [0.3, 0.4) is 0 Å². The molecular weight excluding hydrogens is 288 g/mol. The van der Waals surface area contributed by atoms with Gasteiger partial charge in [0.1, 0.15) is 0 Å². The van der Waals surface area contributed by atoms with Gasteiger partial charge in [0.15, 0.2) is 0 Å². The van der Waals surface area contributed by atoms with Gasteiger partial charge in [-0.1, -0.05) is 124 Å². The Morgan fingerprint density at radius 2 is 0.500 bits per heavy atom. The average Bonchev–Trinajstić information content (AvgIpc) is 2.59. The van der Waals surface area contributed by atoms with Crippen LogP contribution in [0, 0.1) is 0 Å². The molecule has 0 N–H and O–H groups in total. The summed E-state index contributed by atoms with van der Waals surface area (Å²) in [4.78, 5) is 0. The molecule has 0 aromatic carbocycles. The Morgan fingerprint density at radius 1 is 0.250 bits per heavy atom. The molecule has 130 valence electrons. The summed E-state index contributed by atoms with van der Waals surface area (Å²) in [7, 11) is 0. The molecule has 0 heterocycles. The fourth-order valence-electron chi connectivity index (χ4n) is 2.58. The van der Waals surface area contributed by atoms with Crippen molar-refractivity contribution in [2.75, 3.05) is 0 Å². The van der Waals surface area contributed by atoms with Crippen molar-refractivity contribution in [2.45, 2.75) is 64.2 Å². The summed E-state index contributed by atoms with van der Waals surface area (Å²) < 4.78 is 0. The molecule has 0 heteroatoms. The van der Waals surface area contributed by atoms with E-state index in [2.05, 4.69) is 72.9 Å². The van der Waals surface area contributed by atoms with Crippen LogP contribution in [-0.4, -0.2) is 0 Å². The molecule has 1 aliphatic rings. The Bertz CT molecular complexity index is 422. The van der Waals surface area contributed by atoms with Gasteiger partial charge in [0.2, 0.25) is 0 Å². The molecule has 0 spiro atoms. The lowest BCUT2D eigenvalue weighted by Gasteiger charge is -2.00. The summed E-state index contributed by atoms with van der Waals surface area (Å²) in [5.74, 6) is 0. The molecule has 0 unspecified atom stereocenters. The third-order valence-corrected chi connectivity index (χ3v) is 3.99. The standard InChI is InChI=1S/C24H34/c1-2-4-6-8-10-12-14-16-18-20-22-24-23-21-19-17-15-13-11-9-7-5-3-1/h1-14H,15-24H2. The highest BCUT2D eigenvalue weighted by atomic mass is 14.0. The average molecular weight is 323 g/mol. The van der Waals surface area contributed by atoms with Gasteiger partial charge in [-0.3, -0.25) is 0 Å². The third-order valence-electron chi connectivity index (χ3n) is 3.99. The molecule has 0 radical (unpaired) electrons. The van der Waals surface area contributed by atoms with E-state index in [1.54, 1.807) is 0 Å². The van der Waals surface area contributed by atoms with Crippen LogP contribution < -0.4 is 0 Å². The number of hydrogen-bond acceptors (Lipinski definition) is 0. The predicted molar refractivity (Wildman–Crippen MR) is 110 cm³/mol. The second-order valence-corrected chi connectivity index (χ2v) is 6.19. The van der Waals surface area contributed by atoms with E-state index in [1.807, 2.05) is 12.2 Å². The van der Waals surface area contributed by atoms with Gasteiger partial charge in [0.05, 0.1) is 0 Å². The monoisotopic (exact) mass is 322 g/mol. The van der Waals surface area contributed by atoms with Crippen LogP contribution in [0.1, 0.15) is 64.2 Å². The second kappa shape index (κ2) is 17.5. The van der Waals surface area contributed by atoms with Gasteiger partial charge in [0.25, 0.3) is 0 Å². The van der Waals surface area contributed by atoms with Crippen LogP contribution in [0.25, 0.3) is 0 Å². The van der Waals surface area contributed by atoms with Gasteiger partial charge in [-0.2, -0.15) is 0 Å². The Kier molecular flexibility index (Phi) is 14.8. The van der Waals surface area contributed by atoms with E-state index in [4.69, 9.17) is 0 Å². The molecule has 0 fully saturated rings. The first-order valence-corrected chi connectivity index (χ1v) is 9.65. The first kappa shape index (κ1) is 20.2. The quantitative estimate of drug-likeness (QED) is 0.427. The SMILES string of the molecule is C1=CC=CC=CC=CCCCCCCCCCCC=CC=CC=C1. The smallest absolute Gasteiger partial charge is 0.0348 e. The van der Waals surface area contributed by atoms with Gasteiger partial charge >= 0.3 is 0 Å². The highest BCUT2D eigenvalue weighted by molar-refractivity contribution is 5.20. The topological polar surface area (TPSA) is 0 Å². The molecule has 0 saturated carbocycles. The maximum atomic E-state index is 2.28. The maximum absolute atomic E-state index is 2.28. The summed E-state index contributed by atoms with van der Waals surface area (Å²) in [5, 5.41) is 0. The zero-order valence-corrected chi connectivity index (χ0v) is 15.2. The molecule has 0 bridgehead atoms. The molecule has 0 nitrogen and oxygen atoms in total. The Hall–Kier alpha value is -1.82. The summed E-state index contributed by atoms with van der Waals surface area (Å²) >= 11 is 0. The summed E-state index contributed by atoms with van der Waals surface area (Å²) in [6, 6.07) is 0. The van der Waals surface area contributed by atoms with E-state index in [1.165, 1.54) is 64.2 Å². The van der Waals surface area contributed by atoms with E-state index in [0.717, 1.165) is 0 Å². The van der Waals surface area contributed by atoms with E-state index >= 15 is 0 Å². The fraction of sp³-hybridized carbons (Fsp3) is 0.417. The summed E-state index contributed by atoms with van der Waals surface area (Å²) in [6.45, 7) is 0. The largest absolute Gasteiger partial charge is 0.0845 e. The maximum Gasteiger partial charge on any atom is -0.0348 e. The van der Waals surface area contributed by atoms with E-state index in [-0.39, 0.29) is 0 Å². The Balaban J connectivity index is 2.37. The number of allylic oxidation sites excluding steroid dienone is 14. The highest BCUT2D eigenvalue weighted by Crippen LogP contribution is 2.11. The normalized spacial score (nSPS) is 19.3. The molecule has 0 aromatic rings. The van der Waals surface area contributed by atoms with Gasteiger partial charge in [-0.05, 0) is 25.7 Å². The van der Waals surface area contributed by atoms with Gasteiger partial charge in [0, 0.05) is 0 Å². The molecule has 1 aliphatic carbocycles. The lowest BCUT2D eigenvalue weighted by atomic mass is 10.1. The van der Waals surface area contributed by atoms with E-state index in [0.29, 0.717) is 0 Å². The molecule has 0 saturated heterocycles. The van der Waals surface area contributed by atoms with Gasteiger partial charge in [-0.25, -0.2) is 0 Å². The van der Waals surface area contributed by atoms with Crippen LogP contribution >= 0.6 is 0 Å². The molecule has 0 amide bonds. The fourth-order valence-corrected chi connectivity index (χ4v) is 2.58. The minimum Gasteiger partial charge on any atom is -0.0845 e. The summed E-state index contributed by atoms with van der Waals surface area (Å²) in [6.07, 6.45) is 43.0. The van der Waals surface area contributed by atoms with Crippen molar-refractivity contribution >= 4 is 0 Å². The van der Waals surface area contributed by atoms with Gasteiger partial charge in [-0.15, -0.1) is 0 Å². The highest BCUT2D eigenvalue weighted by Gasteiger charge is 1.91. The van der Waals surface area contributed by atoms with Crippen LogP contribution in [0.2, 0.25) is 0 Å². The zero-order valence-electron chi connectivity index (χ0n) is 15.2. The van der Waals surface area contributed by atoms with Crippen LogP contribution in [-0.2, 0) is 0 Å².